The van der Waals surface area contributed by atoms with Gasteiger partial charge in [-0.1, -0.05) is 6.07 Å². The molecule has 0 heterocycles. The normalized spacial score (nSPS) is 14.1. The fourth-order valence-electron chi connectivity index (χ4n) is 2.50. The number of benzene rings is 2. The zero-order valence-electron chi connectivity index (χ0n) is 11.0. The lowest BCUT2D eigenvalue weighted by molar-refractivity contribution is -0.137. The molecular formula is C16H12BrF3O. The summed E-state index contributed by atoms with van der Waals surface area (Å²) < 4.78 is 43.8. The fourth-order valence-corrected chi connectivity index (χ4v) is 2.96. The van der Waals surface area contributed by atoms with Crippen molar-refractivity contribution in [1.29, 1.82) is 0 Å². The van der Waals surface area contributed by atoms with Gasteiger partial charge in [0.2, 0.25) is 0 Å². The van der Waals surface area contributed by atoms with E-state index in [0.29, 0.717) is 11.5 Å². The largest absolute Gasteiger partial charge is 0.456 e. The summed E-state index contributed by atoms with van der Waals surface area (Å²) in [6.45, 7) is 0. The molecule has 3 rings (SSSR count). The van der Waals surface area contributed by atoms with Crippen molar-refractivity contribution in [2.24, 2.45) is 0 Å². The van der Waals surface area contributed by atoms with Crippen molar-refractivity contribution in [3.05, 3.63) is 57.6 Å². The molecule has 0 atom stereocenters. The van der Waals surface area contributed by atoms with Crippen molar-refractivity contribution in [3.63, 3.8) is 0 Å². The van der Waals surface area contributed by atoms with Gasteiger partial charge >= 0.3 is 6.18 Å². The molecule has 2 aromatic carbocycles. The number of ether oxygens (including phenoxy) is 1. The lowest BCUT2D eigenvalue weighted by atomic mass is 10.1. The minimum Gasteiger partial charge on any atom is -0.456 e. The maximum absolute atomic E-state index is 12.6. The Morgan fingerprint density at radius 3 is 2.43 bits per heavy atom. The van der Waals surface area contributed by atoms with Crippen LogP contribution in [0.2, 0.25) is 0 Å². The number of fused-ring (bicyclic) bond motifs is 1. The molecule has 21 heavy (non-hydrogen) atoms. The minimum atomic E-state index is -4.35. The Morgan fingerprint density at radius 1 is 0.952 bits per heavy atom. The van der Waals surface area contributed by atoms with Crippen LogP contribution in [0.4, 0.5) is 13.2 Å². The number of halogens is 4. The lowest BCUT2D eigenvalue weighted by Crippen LogP contribution is -2.04. The highest BCUT2D eigenvalue weighted by molar-refractivity contribution is 9.10. The summed E-state index contributed by atoms with van der Waals surface area (Å²) in [5, 5.41) is 0. The van der Waals surface area contributed by atoms with Gasteiger partial charge in [-0.25, -0.2) is 0 Å². The topological polar surface area (TPSA) is 9.23 Å². The van der Waals surface area contributed by atoms with Crippen molar-refractivity contribution in [1.82, 2.24) is 0 Å². The summed E-state index contributed by atoms with van der Waals surface area (Å²) >= 11 is 3.13. The van der Waals surface area contributed by atoms with E-state index in [4.69, 9.17) is 4.74 Å². The van der Waals surface area contributed by atoms with Crippen LogP contribution in [0.5, 0.6) is 11.5 Å². The summed E-state index contributed by atoms with van der Waals surface area (Å²) in [7, 11) is 0. The molecule has 5 heteroatoms. The van der Waals surface area contributed by atoms with Crippen LogP contribution in [-0.4, -0.2) is 0 Å². The first-order valence-electron chi connectivity index (χ1n) is 6.60. The second-order valence-corrected chi connectivity index (χ2v) is 5.88. The van der Waals surface area contributed by atoms with Crippen LogP contribution >= 0.6 is 15.9 Å². The molecule has 0 aliphatic heterocycles. The average Bonchev–Trinajstić information content (AvgIpc) is 2.87. The molecule has 2 aromatic rings. The first-order valence-corrected chi connectivity index (χ1v) is 7.39. The molecule has 0 radical (unpaired) electrons. The van der Waals surface area contributed by atoms with Gasteiger partial charge < -0.3 is 4.74 Å². The molecule has 0 fully saturated rings. The Morgan fingerprint density at radius 2 is 1.71 bits per heavy atom. The fraction of sp³-hybridized carbons (Fsp3) is 0.250. The van der Waals surface area contributed by atoms with Crippen molar-refractivity contribution < 1.29 is 17.9 Å². The van der Waals surface area contributed by atoms with Crippen molar-refractivity contribution >= 4 is 15.9 Å². The Kier molecular flexibility index (Phi) is 3.69. The van der Waals surface area contributed by atoms with Crippen LogP contribution in [0, 0.1) is 0 Å². The second-order valence-electron chi connectivity index (χ2n) is 5.03. The van der Waals surface area contributed by atoms with Crippen LogP contribution in [0.1, 0.15) is 23.1 Å². The van der Waals surface area contributed by atoms with E-state index in [9.17, 15) is 13.2 Å². The zero-order chi connectivity index (χ0) is 15.0. The van der Waals surface area contributed by atoms with E-state index in [2.05, 4.69) is 15.9 Å². The Labute approximate surface area is 128 Å². The van der Waals surface area contributed by atoms with E-state index >= 15 is 0 Å². The zero-order valence-corrected chi connectivity index (χ0v) is 12.6. The van der Waals surface area contributed by atoms with Crippen LogP contribution in [0.25, 0.3) is 0 Å². The smallest absolute Gasteiger partial charge is 0.416 e. The molecule has 1 nitrogen and oxygen atoms in total. The number of hydrogen-bond donors (Lipinski definition) is 0. The lowest BCUT2D eigenvalue weighted by Gasteiger charge is -2.12. The summed E-state index contributed by atoms with van der Waals surface area (Å²) in [5.41, 5.74) is 1.89. The van der Waals surface area contributed by atoms with Crippen LogP contribution in [0.15, 0.2) is 40.9 Å². The van der Waals surface area contributed by atoms with Gasteiger partial charge in [0.15, 0.2) is 0 Å². The third-order valence-corrected chi connectivity index (χ3v) is 4.18. The van der Waals surface area contributed by atoms with Gasteiger partial charge in [0, 0.05) is 0 Å². The molecule has 110 valence electrons. The second kappa shape index (κ2) is 5.37. The standard InChI is InChI=1S/C16H12BrF3O/c17-14-9-12(16(18,19)20)5-7-15(14)21-13-6-4-10-2-1-3-11(10)8-13/h4-9H,1-3H2. The molecule has 0 bridgehead atoms. The molecule has 1 aliphatic carbocycles. The van der Waals surface area contributed by atoms with Crippen molar-refractivity contribution in [3.8, 4) is 11.5 Å². The SMILES string of the molecule is FC(F)(F)c1ccc(Oc2ccc3c(c2)CCC3)c(Br)c1. The molecule has 0 saturated carbocycles. The summed E-state index contributed by atoms with van der Waals surface area (Å²) in [4.78, 5) is 0. The van der Waals surface area contributed by atoms with E-state index in [-0.39, 0.29) is 4.47 Å². The molecule has 0 amide bonds. The first-order chi connectivity index (χ1) is 9.93. The monoisotopic (exact) mass is 356 g/mol. The Balaban J connectivity index is 1.85. The van der Waals surface area contributed by atoms with E-state index in [0.717, 1.165) is 31.4 Å². The average molecular weight is 357 g/mol. The number of hydrogen-bond acceptors (Lipinski definition) is 1. The highest BCUT2D eigenvalue weighted by Gasteiger charge is 2.31. The third kappa shape index (κ3) is 3.07. The van der Waals surface area contributed by atoms with Crippen LogP contribution < -0.4 is 4.74 Å². The quantitative estimate of drug-likeness (QED) is 0.665. The van der Waals surface area contributed by atoms with Gasteiger partial charge in [-0.15, -0.1) is 0 Å². The van der Waals surface area contributed by atoms with Gasteiger partial charge in [0.1, 0.15) is 11.5 Å². The number of rotatable bonds is 2. The summed E-state index contributed by atoms with van der Waals surface area (Å²) in [5.74, 6) is 1.03. The van der Waals surface area contributed by atoms with Gasteiger partial charge in [0.05, 0.1) is 10.0 Å². The van der Waals surface area contributed by atoms with E-state index < -0.39 is 11.7 Å². The molecule has 0 aromatic heterocycles. The molecule has 0 saturated heterocycles. The van der Waals surface area contributed by atoms with Gasteiger partial charge in [-0.2, -0.15) is 13.2 Å². The maximum Gasteiger partial charge on any atom is 0.416 e. The predicted molar refractivity (Wildman–Crippen MR) is 77.7 cm³/mol. The third-order valence-electron chi connectivity index (χ3n) is 3.56. The highest BCUT2D eigenvalue weighted by atomic mass is 79.9. The number of alkyl halides is 3. The summed E-state index contributed by atoms with van der Waals surface area (Å²) in [6, 6.07) is 9.23. The number of aryl methyl sites for hydroxylation is 2. The van der Waals surface area contributed by atoms with E-state index in [1.54, 1.807) is 0 Å². The van der Waals surface area contributed by atoms with Crippen molar-refractivity contribution in [2.75, 3.05) is 0 Å². The first kappa shape index (κ1) is 14.4. The Hall–Kier alpha value is -1.49. The van der Waals surface area contributed by atoms with Gasteiger partial charge in [-0.05, 0) is 76.7 Å². The van der Waals surface area contributed by atoms with Crippen LogP contribution in [-0.2, 0) is 19.0 Å². The van der Waals surface area contributed by atoms with Gasteiger partial charge in [0.25, 0.3) is 0 Å². The predicted octanol–water partition coefficient (Wildman–Crippen LogP) is 5.75. The highest BCUT2D eigenvalue weighted by Crippen LogP contribution is 2.37. The molecule has 0 spiro atoms. The molecule has 0 unspecified atom stereocenters. The summed E-state index contributed by atoms with van der Waals surface area (Å²) in [6.07, 6.45) is -1.10. The maximum atomic E-state index is 12.6. The van der Waals surface area contributed by atoms with Crippen molar-refractivity contribution in [2.45, 2.75) is 25.4 Å². The Bertz CT molecular complexity index is 680. The van der Waals surface area contributed by atoms with E-state index in [1.165, 1.54) is 17.2 Å². The van der Waals surface area contributed by atoms with Gasteiger partial charge in [-0.3, -0.25) is 0 Å². The van der Waals surface area contributed by atoms with Crippen LogP contribution in [0.3, 0.4) is 0 Å². The molecular weight excluding hydrogens is 345 g/mol. The minimum absolute atomic E-state index is 0.290. The van der Waals surface area contributed by atoms with E-state index in [1.807, 2.05) is 18.2 Å². The molecule has 0 N–H and O–H groups in total. The molecule has 1 aliphatic rings.